The molecule has 0 N–H and O–H groups in total. The third-order valence-corrected chi connectivity index (χ3v) is 1.34. The van der Waals surface area contributed by atoms with E-state index in [0.29, 0.717) is 6.42 Å². The number of nitrogens with zero attached hydrogens (tertiary/aromatic N) is 1. The first-order chi connectivity index (χ1) is 3.89. The van der Waals surface area contributed by atoms with Crippen LogP contribution in [0, 0.1) is 0 Å². The third-order valence-electron chi connectivity index (χ3n) is 1.34. The summed E-state index contributed by atoms with van der Waals surface area (Å²) in [5.41, 5.74) is 0. The summed E-state index contributed by atoms with van der Waals surface area (Å²) in [5, 5.41) is 10.5. The summed E-state index contributed by atoms with van der Waals surface area (Å²) in [7, 11) is 0. The van der Waals surface area contributed by atoms with E-state index in [1.165, 1.54) is 6.42 Å². The van der Waals surface area contributed by atoms with E-state index in [4.69, 9.17) is 0 Å². The molecule has 0 aromatic heterocycles. The Morgan fingerprint density at radius 3 is 2.78 bits per heavy atom. The van der Waals surface area contributed by atoms with Gasteiger partial charge in [0.25, 0.3) is 0 Å². The van der Waals surface area contributed by atoms with Crippen LogP contribution >= 0.6 is 0 Å². The van der Waals surface area contributed by atoms with Crippen molar-refractivity contribution in [3.05, 3.63) is 0 Å². The molecule has 0 saturated heterocycles. The van der Waals surface area contributed by atoms with E-state index in [0.717, 1.165) is 19.4 Å². The fourth-order valence-corrected chi connectivity index (χ4v) is 0.848. The van der Waals surface area contributed by atoms with Crippen LogP contribution in [0.4, 0.5) is 0 Å². The average Bonchev–Trinajstić information content (AvgIpc) is 1.94. The van der Waals surface area contributed by atoms with Gasteiger partial charge in [0.1, 0.15) is 0 Å². The van der Waals surface area contributed by atoms with Crippen LogP contribution in [0.5, 0.6) is 0 Å². The molecule has 1 aliphatic heterocycles. The van der Waals surface area contributed by atoms with E-state index in [2.05, 4.69) is 4.99 Å². The average molecular weight is 135 g/mol. The van der Waals surface area contributed by atoms with E-state index in [-0.39, 0.29) is 35.5 Å². The molecule has 1 heterocycles. The van der Waals surface area contributed by atoms with E-state index in [1.54, 1.807) is 0 Å². The van der Waals surface area contributed by atoms with Crippen molar-refractivity contribution in [2.24, 2.45) is 4.99 Å². The molecule has 3 heteroatoms. The van der Waals surface area contributed by atoms with Crippen LogP contribution in [0.25, 0.3) is 0 Å². The molecule has 1 rings (SSSR count). The maximum atomic E-state index is 10.5. The topological polar surface area (TPSA) is 35.4 Å². The number of rotatable bonds is 0. The fourth-order valence-electron chi connectivity index (χ4n) is 0.848. The first-order valence-electron chi connectivity index (χ1n) is 3.10. The third kappa shape index (κ3) is 3.95. The molecule has 0 fully saturated rings. The van der Waals surface area contributed by atoms with Crippen molar-refractivity contribution in [2.45, 2.75) is 25.7 Å². The van der Waals surface area contributed by atoms with Crippen LogP contribution in [0.15, 0.2) is 4.99 Å². The van der Waals surface area contributed by atoms with Crippen LogP contribution in [0.2, 0.25) is 0 Å². The van der Waals surface area contributed by atoms with Gasteiger partial charge in [0.05, 0.1) is 0 Å². The van der Waals surface area contributed by atoms with Gasteiger partial charge in [-0.15, -0.1) is 0 Å². The van der Waals surface area contributed by atoms with Crippen LogP contribution in [-0.2, 0) is 0 Å². The molecule has 0 unspecified atom stereocenters. The second-order valence-corrected chi connectivity index (χ2v) is 2.09. The molecule has 46 valence electrons. The maximum absolute atomic E-state index is 10.5. The Morgan fingerprint density at radius 2 is 2.00 bits per heavy atom. The Bertz CT molecular complexity index is 103. The smallest absolute Gasteiger partial charge is 0.862 e. The minimum absolute atomic E-state index is 0. The van der Waals surface area contributed by atoms with Crippen molar-refractivity contribution in [1.29, 1.82) is 0 Å². The zero-order valence-corrected chi connectivity index (χ0v) is 7.89. The summed E-state index contributed by atoms with van der Waals surface area (Å²) < 4.78 is 0. The Morgan fingerprint density at radius 1 is 1.22 bits per heavy atom. The SMILES string of the molecule is [Na+].[O-]C1=NCCCCC1. The molecular weight excluding hydrogens is 125 g/mol. The van der Waals surface area contributed by atoms with Crippen molar-refractivity contribution in [1.82, 2.24) is 0 Å². The summed E-state index contributed by atoms with van der Waals surface area (Å²) in [4.78, 5) is 3.78. The Labute approximate surface area is 77.7 Å². The molecule has 0 bridgehead atoms. The standard InChI is InChI=1S/C6H11NO.Na/c8-6-4-2-1-3-5-7-6;/h1-5H2,(H,7,8);/q;+1/p-1. The van der Waals surface area contributed by atoms with Gasteiger partial charge in [0.15, 0.2) is 0 Å². The molecule has 0 radical (unpaired) electrons. The van der Waals surface area contributed by atoms with E-state index in [9.17, 15) is 5.11 Å². The predicted molar refractivity (Wildman–Crippen MR) is 30.8 cm³/mol. The van der Waals surface area contributed by atoms with Crippen LogP contribution in [0.3, 0.4) is 0 Å². The van der Waals surface area contributed by atoms with Crippen LogP contribution in [-0.4, -0.2) is 12.4 Å². The first-order valence-corrected chi connectivity index (χ1v) is 3.10. The summed E-state index contributed by atoms with van der Waals surface area (Å²) in [6, 6.07) is 0. The van der Waals surface area contributed by atoms with Gasteiger partial charge < -0.3 is 10.1 Å². The van der Waals surface area contributed by atoms with E-state index < -0.39 is 0 Å². The fraction of sp³-hybridized carbons (Fsp3) is 0.833. The van der Waals surface area contributed by atoms with Gasteiger partial charge in [-0.3, -0.25) is 0 Å². The molecule has 9 heavy (non-hydrogen) atoms. The second kappa shape index (κ2) is 5.27. The minimum Gasteiger partial charge on any atom is -0.862 e. The van der Waals surface area contributed by atoms with Crippen LogP contribution in [0.1, 0.15) is 25.7 Å². The summed E-state index contributed by atoms with van der Waals surface area (Å²) in [5.74, 6) is 0.0995. The van der Waals surface area contributed by atoms with Crippen molar-refractivity contribution >= 4 is 5.90 Å². The summed E-state index contributed by atoms with van der Waals surface area (Å²) in [6.07, 6.45) is 4.00. The van der Waals surface area contributed by atoms with Gasteiger partial charge >= 0.3 is 29.6 Å². The zero-order valence-electron chi connectivity index (χ0n) is 5.89. The number of aliphatic imine (C=N–C) groups is 1. The number of hydrogen-bond acceptors (Lipinski definition) is 2. The maximum Gasteiger partial charge on any atom is 1.00 e. The monoisotopic (exact) mass is 135 g/mol. The molecule has 0 aromatic rings. The molecule has 0 amide bonds. The van der Waals surface area contributed by atoms with Gasteiger partial charge in [-0.25, -0.2) is 0 Å². The van der Waals surface area contributed by atoms with E-state index >= 15 is 0 Å². The quantitative estimate of drug-likeness (QED) is 0.333. The molecule has 1 aliphatic rings. The van der Waals surface area contributed by atoms with Gasteiger partial charge in [-0.05, 0) is 25.2 Å². The molecule has 0 spiro atoms. The number of hydrogen-bond donors (Lipinski definition) is 0. The second-order valence-electron chi connectivity index (χ2n) is 2.09. The van der Waals surface area contributed by atoms with Crippen molar-refractivity contribution in [3.8, 4) is 0 Å². The normalized spacial score (nSPS) is 19.3. The minimum atomic E-state index is 0. The summed E-state index contributed by atoms with van der Waals surface area (Å²) >= 11 is 0. The Hall–Kier alpha value is 0.470. The molecule has 0 saturated carbocycles. The first kappa shape index (κ1) is 9.47. The van der Waals surface area contributed by atoms with Crippen molar-refractivity contribution in [2.75, 3.05) is 6.54 Å². The van der Waals surface area contributed by atoms with Gasteiger partial charge in [0, 0.05) is 6.54 Å². The largest absolute Gasteiger partial charge is 1.00 e. The molecule has 0 aromatic carbocycles. The molecular formula is C6H10NNaO. The Balaban J connectivity index is 0.000000640. The van der Waals surface area contributed by atoms with Gasteiger partial charge in [-0.1, -0.05) is 6.42 Å². The van der Waals surface area contributed by atoms with Gasteiger partial charge in [-0.2, -0.15) is 0 Å². The van der Waals surface area contributed by atoms with Gasteiger partial charge in [0.2, 0.25) is 0 Å². The molecule has 2 nitrogen and oxygen atoms in total. The zero-order chi connectivity index (χ0) is 5.82. The summed E-state index contributed by atoms with van der Waals surface area (Å²) in [6.45, 7) is 0.763. The van der Waals surface area contributed by atoms with E-state index in [1.807, 2.05) is 0 Å². The molecule has 0 atom stereocenters. The molecule has 0 aliphatic carbocycles. The van der Waals surface area contributed by atoms with Crippen molar-refractivity contribution in [3.63, 3.8) is 0 Å². The Kier molecular flexibility index (Phi) is 5.55. The van der Waals surface area contributed by atoms with Crippen molar-refractivity contribution < 1.29 is 34.7 Å². The van der Waals surface area contributed by atoms with Crippen LogP contribution < -0.4 is 34.7 Å². The predicted octanol–water partition coefficient (Wildman–Crippen LogP) is -2.68.